The number of fused-ring (bicyclic) bond motifs is 1. The van der Waals surface area contributed by atoms with Crippen LogP contribution in [0.3, 0.4) is 0 Å². The Morgan fingerprint density at radius 3 is 2.68 bits per heavy atom. The van der Waals surface area contributed by atoms with Gasteiger partial charge in [-0.1, -0.05) is 38.8 Å². The van der Waals surface area contributed by atoms with Crippen LogP contribution in [0.5, 0.6) is 0 Å². The summed E-state index contributed by atoms with van der Waals surface area (Å²) in [7, 11) is 0. The minimum Gasteiger partial charge on any atom is -0.324 e. The Morgan fingerprint density at radius 1 is 1.21 bits per heavy atom. The number of aromatic nitrogens is 1. The number of rotatable bonds is 2. The highest BCUT2D eigenvalue weighted by Gasteiger charge is 2.43. The van der Waals surface area contributed by atoms with Crippen LogP contribution >= 0.6 is 11.3 Å². The molecule has 3 heteroatoms. The van der Waals surface area contributed by atoms with Crippen molar-refractivity contribution < 1.29 is 0 Å². The molecule has 0 amide bonds. The molecule has 1 saturated carbocycles. The Kier molecular flexibility index (Phi) is 3.14. The molecule has 0 aliphatic heterocycles. The molecule has 2 nitrogen and oxygen atoms in total. The average Bonchev–Trinajstić information content (AvgIpc) is 2.75. The van der Waals surface area contributed by atoms with Crippen LogP contribution in [-0.4, -0.2) is 10.5 Å². The second kappa shape index (κ2) is 4.57. The van der Waals surface area contributed by atoms with E-state index in [1.54, 1.807) is 11.3 Å². The van der Waals surface area contributed by atoms with Crippen molar-refractivity contribution in [3.05, 3.63) is 29.3 Å². The van der Waals surface area contributed by atoms with Gasteiger partial charge in [-0.15, -0.1) is 11.3 Å². The van der Waals surface area contributed by atoms with E-state index in [2.05, 4.69) is 38.1 Å². The highest BCUT2D eigenvalue weighted by atomic mass is 32.1. The lowest BCUT2D eigenvalue weighted by Gasteiger charge is -2.47. The second-order valence-corrected chi connectivity index (χ2v) is 7.61. The van der Waals surface area contributed by atoms with Gasteiger partial charge in [0.2, 0.25) is 0 Å². The zero-order chi connectivity index (χ0) is 13.5. The Labute approximate surface area is 119 Å². The van der Waals surface area contributed by atoms with E-state index in [0.717, 1.165) is 18.4 Å². The summed E-state index contributed by atoms with van der Waals surface area (Å²) < 4.78 is 1.27. The molecule has 1 aliphatic carbocycles. The summed E-state index contributed by atoms with van der Waals surface area (Å²) in [5.41, 5.74) is 7.98. The van der Waals surface area contributed by atoms with E-state index in [4.69, 9.17) is 10.7 Å². The van der Waals surface area contributed by atoms with Crippen molar-refractivity contribution in [3.63, 3.8) is 0 Å². The van der Waals surface area contributed by atoms with Gasteiger partial charge in [-0.25, -0.2) is 4.98 Å². The van der Waals surface area contributed by atoms with E-state index >= 15 is 0 Å². The number of hydrogen-bond acceptors (Lipinski definition) is 3. The van der Waals surface area contributed by atoms with Crippen LogP contribution in [0, 0.1) is 5.41 Å². The molecule has 1 fully saturated rings. The lowest BCUT2D eigenvalue weighted by molar-refractivity contribution is 0.0990. The molecule has 1 heterocycles. The predicted octanol–water partition coefficient (Wildman–Crippen LogP) is 4.14. The van der Waals surface area contributed by atoms with Crippen molar-refractivity contribution in [3.8, 4) is 0 Å². The van der Waals surface area contributed by atoms with Crippen LogP contribution in [0.1, 0.15) is 44.5 Å². The van der Waals surface area contributed by atoms with E-state index in [9.17, 15) is 0 Å². The fraction of sp³-hybridized carbons (Fsp3) is 0.562. The summed E-state index contributed by atoms with van der Waals surface area (Å²) in [4.78, 5) is 4.76. The third-order valence-corrected chi connectivity index (χ3v) is 5.86. The minimum atomic E-state index is -0.0981. The molecular weight excluding hydrogens is 252 g/mol. The molecule has 19 heavy (non-hydrogen) atoms. The highest BCUT2D eigenvalue weighted by Crippen LogP contribution is 2.44. The third-order valence-electron chi connectivity index (χ3n) is 4.83. The van der Waals surface area contributed by atoms with Gasteiger partial charge in [-0.05, 0) is 30.4 Å². The van der Waals surface area contributed by atoms with Gasteiger partial charge in [0, 0.05) is 12.0 Å². The Bertz CT molecular complexity index is 554. The Balaban J connectivity index is 1.91. The van der Waals surface area contributed by atoms with Gasteiger partial charge in [-0.2, -0.15) is 0 Å². The SMILES string of the molecule is CC1(C)CCCCC1(N)Cc1nc2ccccc2s1. The molecule has 0 radical (unpaired) electrons. The molecule has 2 aromatic rings. The zero-order valence-electron chi connectivity index (χ0n) is 11.8. The fourth-order valence-corrected chi connectivity index (χ4v) is 4.28. The molecule has 2 N–H and O–H groups in total. The molecule has 0 bridgehead atoms. The Hall–Kier alpha value is -0.930. The average molecular weight is 274 g/mol. The summed E-state index contributed by atoms with van der Waals surface area (Å²) in [6, 6.07) is 8.36. The summed E-state index contributed by atoms with van der Waals surface area (Å²) in [5.74, 6) is 0. The van der Waals surface area contributed by atoms with E-state index in [1.165, 1.54) is 29.0 Å². The van der Waals surface area contributed by atoms with Crippen LogP contribution in [0.25, 0.3) is 10.2 Å². The predicted molar refractivity (Wildman–Crippen MR) is 82.5 cm³/mol. The number of hydrogen-bond donors (Lipinski definition) is 1. The van der Waals surface area contributed by atoms with Gasteiger partial charge >= 0.3 is 0 Å². The van der Waals surface area contributed by atoms with Gasteiger partial charge < -0.3 is 5.73 Å². The zero-order valence-corrected chi connectivity index (χ0v) is 12.6. The van der Waals surface area contributed by atoms with Gasteiger partial charge in [0.1, 0.15) is 0 Å². The first kappa shape index (κ1) is 13.1. The van der Waals surface area contributed by atoms with Crippen molar-refractivity contribution >= 4 is 21.6 Å². The van der Waals surface area contributed by atoms with Crippen LogP contribution in [0.2, 0.25) is 0 Å². The maximum Gasteiger partial charge on any atom is 0.0957 e. The highest BCUT2D eigenvalue weighted by molar-refractivity contribution is 7.18. The maximum absolute atomic E-state index is 6.76. The van der Waals surface area contributed by atoms with Crippen molar-refractivity contribution in [1.82, 2.24) is 4.98 Å². The lowest BCUT2D eigenvalue weighted by Crippen LogP contribution is -2.56. The summed E-state index contributed by atoms with van der Waals surface area (Å²) in [6.45, 7) is 4.64. The number of nitrogens with two attached hydrogens (primary N) is 1. The monoisotopic (exact) mass is 274 g/mol. The lowest BCUT2D eigenvalue weighted by atomic mass is 9.62. The minimum absolute atomic E-state index is 0.0981. The molecule has 1 aliphatic rings. The maximum atomic E-state index is 6.76. The molecule has 1 aromatic heterocycles. The molecule has 1 unspecified atom stereocenters. The van der Waals surface area contributed by atoms with E-state index in [1.807, 2.05) is 0 Å². The largest absolute Gasteiger partial charge is 0.324 e. The summed E-state index contributed by atoms with van der Waals surface area (Å²) >= 11 is 1.80. The van der Waals surface area contributed by atoms with Gasteiger partial charge in [0.25, 0.3) is 0 Å². The van der Waals surface area contributed by atoms with Crippen molar-refractivity contribution in [2.45, 2.75) is 51.5 Å². The van der Waals surface area contributed by atoms with Crippen molar-refractivity contribution in [2.75, 3.05) is 0 Å². The van der Waals surface area contributed by atoms with Gasteiger partial charge in [0.15, 0.2) is 0 Å². The van der Waals surface area contributed by atoms with Crippen LogP contribution in [0.15, 0.2) is 24.3 Å². The normalized spacial score (nSPS) is 26.7. The topological polar surface area (TPSA) is 38.9 Å². The third kappa shape index (κ3) is 2.30. The molecule has 1 aromatic carbocycles. The molecule has 102 valence electrons. The molecular formula is C16H22N2S. The first-order chi connectivity index (χ1) is 9.00. The molecule has 1 atom stereocenters. The molecule has 3 rings (SSSR count). The number of nitrogens with zero attached hydrogens (tertiary/aromatic N) is 1. The summed E-state index contributed by atoms with van der Waals surface area (Å²) in [5, 5.41) is 1.19. The van der Waals surface area contributed by atoms with E-state index in [-0.39, 0.29) is 11.0 Å². The quantitative estimate of drug-likeness (QED) is 0.894. The van der Waals surface area contributed by atoms with Crippen molar-refractivity contribution in [2.24, 2.45) is 11.1 Å². The van der Waals surface area contributed by atoms with Crippen LogP contribution < -0.4 is 5.73 Å². The standard InChI is InChI=1S/C16H22N2S/c1-15(2)9-5-6-10-16(15,17)11-14-18-12-7-3-4-8-13(12)19-14/h3-4,7-8H,5-6,9-11,17H2,1-2H3. The first-order valence-electron chi connectivity index (χ1n) is 7.14. The van der Waals surface area contributed by atoms with Crippen LogP contribution in [0.4, 0.5) is 0 Å². The number of benzene rings is 1. The van der Waals surface area contributed by atoms with E-state index in [0.29, 0.717) is 0 Å². The Morgan fingerprint density at radius 2 is 1.95 bits per heavy atom. The smallest absolute Gasteiger partial charge is 0.0957 e. The molecule has 0 spiro atoms. The summed E-state index contributed by atoms with van der Waals surface area (Å²) in [6.07, 6.45) is 5.83. The fourth-order valence-electron chi connectivity index (χ4n) is 3.19. The van der Waals surface area contributed by atoms with Gasteiger partial charge in [-0.3, -0.25) is 0 Å². The number of para-hydroxylation sites is 1. The second-order valence-electron chi connectivity index (χ2n) is 6.50. The van der Waals surface area contributed by atoms with Crippen molar-refractivity contribution in [1.29, 1.82) is 0 Å². The van der Waals surface area contributed by atoms with Crippen LogP contribution in [-0.2, 0) is 6.42 Å². The van der Waals surface area contributed by atoms with E-state index < -0.39 is 0 Å². The molecule has 0 saturated heterocycles. The first-order valence-corrected chi connectivity index (χ1v) is 7.95. The number of thiazole rings is 1. The van der Waals surface area contributed by atoms with Gasteiger partial charge in [0.05, 0.1) is 15.2 Å².